The minimum absolute atomic E-state index is 0.0226. The maximum absolute atomic E-state index is 12.4. The summed E-state index contributed by atoms with van der Waals surface area (Å²) in [5.41, 5.74) is 0.616. The van der Waals surface area contributed by atoms with Crippen molar-refractivity contribution in [2.24, 2.45) is 20.5 Å². The Morgan fingerprint density at radius 3 is 2.13 bits per heavy atom. The predicted molar refractivity (Wildman–Crippen MR) is 170 cm³/mol. The lowest BCUT2D eigenvalue weighted by atomic mass is 10.1. The molecule has 0 bridgehead atoms. The lowest BCUT2D eigenvalue weighted by Crippen LogP contribution is -2.05. The Morgan fingerprint density at radius 2 is 1.44 bits per heavy atom. The average molecular weight is 650 g/mol. The number of rotatable bonds is 9. The van der Waals surface area contributed by atoms with E-state index in [0.29, 0.717) is 21.8 Å². The van der Waals surface area contributed by atoms with E-state index in [1.54, 1.807) is 55.6 Å². The molecular formula is C30H27N5O8S2. The monoisotopic (exact) mass is 649 g/mol. The van der Waals surface area contributed by atoms with Gasteiger partial charge < -0.3 is 20.3 Å². The molecule has 0 heterocycles. The number of nitrogens with zero attached hydrogens (tertiary/aromatic N) is 4. The van der Waals surface area contributed by atoms with E-state index in [2.05, 4.69) is 25.8 Å². The van der Waals surface area contributed by atoms with Crippen LogP contribution in [0, 0.1) is 0 Å². The number of aromatic hydroxyl groups is 2. The first-order chi connectivity index (χ1) is 21.4. The fraction of sp³-hybridized carbons (Fsp3) is 0.133. The zero-order valence-electron chi connectivity index (χ0n) is 24.1. The van der Waals surface area contributed by atoms with Crippen LogP contribution in [-0.2, 0) is 20.0 Å². The number of azo groups is 2. The molecule has 0 saturated carbocycles. The summed E-state index contributed by atoms with van der Waals surface area (Å²) in [6.45, 7) is 1.47. The van der Waals surface area contributed by atoms with E-state index in [1.165, 1.54) is 32.2 Å². The molecule has 0 spiro atoms. The Labute approximate surface area is 258 Å². The Hall–Kier alpha value is -5.12. The number of anilines is 1. The second-order valence-corrected chi connectivity index (χ2v) is 13.3. The van der Waals surface area contributed by atoms with Crippen molar-refractivity contribution in [2.75, 3.05) is 25.2 Å². The number of hydrogen-bond acceptors (Lipinski definition) is 12. The molecule has 5 aromatic rings. The SMILES string of the molecule is CCS(=O)(=O)c1cc(O)c(N=Nc2ccc3c(N=Nc4ccc5ccccc5c4S(=O)(=O)O)c(NC)ccc3c2O)cc1OC. The maximum atomic E-state index is 12.4. The van der Waals surface area contributed by atoms with Gasteiger partial charge in [-0.1, -0.05) is 37.3 Å². The van der Waals surface area contributed by atoms with Gasteiger partial charge in [0.15, 0.2) is 15.6 Å². The van der Waals surface area contributed by atoms with Gasteiger partial charge in [0.1, 0.15) is 44.0 Å². The summed E-state index contributed by atoms with van der Waals surface area (Å²) in [5.74, 6) is -0.956. The molecule has 0 aliphatic rings. The fourth-order valence-electron chi connectivity index (χ4n) is 4.72. The molecule has 45 heavy (non-hydrogen) atoms. The highest BCUT2D eigenvalue weighted by atomic mass is 32.2. The Balaban J connectivity index is 1.58. The molecule has 0 aromatic heterocycles. The first-order valence-electron chi connectivity index (χ1n) is 13.3. The van der Waals surface area contributed by atoms with Crippen LogP contribution in [0.4, 0.5) is 28.4 Å². The molecule has 5 aromatic carbocycles. The molecule has 0 aliphatic heterocycles. The van der Waals surface area contributed by atoms with Crippen LogP contribution in [0.1, 0.15) is 6.92 Å². The lowest BCUT2D eigenvalue weighted by Gasteiger charge is -2.11. The second-order valence-electron chi connectivity index (χ2n) is 9.65. The van der Waals surface area contributed by atoms with Gasteiger partial charge in [-0.15, -0.1) is 20.5 Å². The average Bonchev–Trinajstić information content (AvgIpc) is 3.02. The number of methoxy groups -OCH3 is 1. The number of phenolic OH excluding ortho intramolecular Hbond substituents is 2. The zero-order chi connectivity index (χ0) is 32.5. The van der Waals surface area contributed by atoms with E-state index in [1.807, 2.05) is 0 Å². The smallest absolute Gasteiger partial charge is 0.297 e. The normalized spacial score (nSPS) is 12.4. The number of benzene rings is 5. The Kier molecular flexibility index (Phi) is 8.42. The van der Waals surface area contributed by atoms with Crippen LogP contribution < -0.4 is 10.1 Å². The fourth-order valence-corrected chi connectivity index (χ4v) is 6.61. The molecule has 5 rings (SSSR count). The van der Waals surface area contributed by atoms with Crippen LogP contribution in [0.3, 0.4) is 0 Å². The number of phenols is 2. The molecule has 0 atom stereocenters. The summed E-state index contributed by atoms with van der Waals surface area (Å²) in [6.07, 6.45) is 0. The standard InChI is InChI=1S/C30H27N5O8S2/c1-4-44(38,39)27-16-25(36)24(15-26(27)43-3)34-32-22-14-10-19-20(29(22)37)11-13-21(31-2)28(19)35-33-23-12-9-17-7-5-6-8-18(17)30(23)45(40,41)42/h5-16,31,36-37H,4H2,1-3H3,(H,40,41,42). The molecule has 0 amide bonds. The molecule has 15 heteroatoms. The molecule has 0 unspecified atom stereocenters. The first-order valence-corrected chi connectivity index (χ1v) is 16.4. The van der Waals surface area contributed by atoms with Crippen LogP contribution in [0.5, 0.6) is 17.2 Å². The van der Waals surface area contributed by atoms with E-state index in [0.717, 1.165) is 6.07 Å². The Bertz CT molecular complexity index is 2250. The predicted octanol–water partition coefficient (Wildman–Crippen LogP) is 7.33. The molecule has 0 aliphatic carbocycles. The number of hydrogen-bond donors (Lipinski definition) is 4. The highest BCUT2D eigenvalue weighted by Gasteiger charge is 2.22. The minimum atomic E-state index is -4.67. The van der Waals surface area contributed by atoms with Gasteiger partial charge in [0.2, 0.25) is 0 Å². The number of ether oxygens (including phenoxy) is 1. The highest BCUT2D eigenvalue weighted by Crippen LogP contribution is 2.44. The number of sulfone groups is 1. The Morgan fingerprint density at radius 1 is 0.778 bits per heavy atom. The number of fused-ring (bicyclic) bond motifs is 2. The largest absolute Gasteiger partial charge is 0.506 e. The summed E-state index contributed by atoms with van der Waals surface area (Å²) >= 11 is 0. The molecular weight excluding hydrogens is 622 g/mol. The van der Waals surface area contributed by atoms with Crippen molar-refractivity contribution in [1.82, 2.24) is 0 Å². The molecule has 13 nitrogen and oxygen atoms in total. The summed E-state index contributed by atoms with van der Waals surface area (Å²) in [6, 6.07) is 18.3. The molecule has 0 fully saturated rings. The molecule has 0 saturated heterocycles. The van der Waals surface area contributed by atoms with Crippen LogP contribution in [-0.4, -0.2) is 51.5 Å². The lowest BCUT2D eigenvalue weighted by molar-refractivity contribution is 0.399. The van der Waals surface area contributed by atoms with Gasteiger partial charge in [0.25, 0.3) is 10.1 Å². The van der Waals surface area contributed by atoms with Crippen molar-refractivity contribution < 1.29 is 36.3 Å². The summed E-state index contributed by atoms with van der Waals surface area (Å²) < 4.78 is 64.6. The highest BCUT2D eigenvalue weighted by molar-refractivity contribution is 7.91. The summed E-state index contributed by atoms with van der Waals surface area (Å²) in [5, 5.41) is 42.7. The second kappa shape index (κ2) is 12.1. The van der Waals surface area contributed by atoms with E-state index < -0.39 is 25.7 Å². The van der Waals surface area contributed by atoms with Gasteiger partial charge >= 0.3 is 0 Å². The van der Waals surface area contributed by atoms with E-state index in [4.69, 9.17) is 4.74 Å². The van der Waals surface area contributed by atoms with Gasteiger partial charge in [0, 0.05) is 35.3 Å². The summed E-state index contributed by atoms with van der Waals surface area (Å²) in [4.78, 5) is -0.576. The van der Waals surface area contributed by atoms with Gasteiger partial charge in [0.05, 0.1) is 18.6 Å². The van der Waals surface area contributed by atoms with Crippen molar-refractivity contribution in [3.05, 3.63) is 72.8 Å². The molecule has 4 N–H and O–H groups in total. The van der Waals surface area contributed by atoms with Gasteiger partial charge in [-0.05, 0) is 35.7 Å². The minimum Gasteiger partial charge on any atom is -0.506 e. The van der Waals surface area contributed by atoms with Gasteiger partial charge in [-0.25, -0.2) is 8.42 Å². The number of nitrogens with one attached hydrogen (secondary N) is 1. The summed E-state index contributed by atoms with van der Waals surface area (Å²) in [7, 11) is -5.42. The first kappa shape index (κ1) is 31.3. The van der Waals surface area contributed by atoms with E-state index in [-0.39, 0.29) is 55.2 Å². The maximum Gasteiger partial charge on any atom is 0.297 e. The van der Waals surface area contributed by atoms with E-state index >= 15 is 0 Å². The van der Waals surface area contributed by atoms with Crippen molar-refractivity contribution >= 4 is 69.9 Å². The quantitative estimate of drug-likeness (QED) is 0.0932. The van der Waals surface area contributed by atoms with Crippen LogP contribution in [0.2, 0.25) is 0 Å². The van der Waals surface area contributed by atoms with Crippen molar-refractivity contribution in [3.63, 3.8) is 0 Å². The topological polar surface area (TPSA) is 200 Å². The van der Waals surface area contributed by atoms with Crippen LogP contribution in [0.25, 0.3) is 21.5 Å². The van der Waals surface area contributed by atoms with Crippen molar-refractivity contribution in [1.29, 1.82) is 0 Å². The van der Waals surface area contributed by atoms with Gasteiger partial charge in [-0.2, -0.15) is 8.42 Å². The van der Waals surface area contributed by atoms with Gasteiger partial charge in [-0.3, -0.25) is 4.55 Å². The third kappa shape index (κ3) is 6.00. The van der Waals surface area contributed by atoms with Crippen molar-refractivity contribution in [3.8, 4) is 17.2 Å². The van der Waals surface area contributed by atoms with Crippen molar-refractivity contribution in [2.45, 2.75) is 16.7 Å². The van der Waals surface area contributed by atoms with Crippen LogP contribution >= 0.6 is 0 Å². The zero-order valence-corrected chi connectivity index (χ0v) is 25.8. The van der Waals surface area contributed by atoms with Crippen LogP contribution in [0.15, 0.2) is 103 Å². The third-order valence-electron chi connectivity index (χ3n) is 7.01. The van der Waals surface area contributed by atoms with E-state index in [9.17, 15) is 31.6 Å². The molecule has 0 radical (unpaired) electrons. The third-order valence-corrected chi connectivity index (χ3v) is 9.70. The molecule has 232 valence electrons.